The number of alkyl halides is 3. The van der Waals surface area contributed by atoms with Crippen LogP contribution in [0.2, 0.25) is 0 Å². The summed E-state index contributed by atoms with van der Waals surface area (Å²) in [5.74, 6) is 0. The first-order valence-corrected chi connectivity index (χ1v) is 6.90. The topological polar surface area (TPSA) is 24.9 Å². The summed E-state index contributed by atoms with van der Waals surface area (Å²) in [7, 11) is 0. The van der Waals surface area contributed by atoms with Crippen molar-refractivity contribution in [3.8, 4) is 0 Å². The van der Waals surface area contributed by atoms with Gasteiger partial charge in [0.2, 0.25) is 0 Å². The van der Waals surface area contributed by atoms with Crippen molar-refractivity contribution in [3.63, 3.8) is 0 Å². The number of hydrogen-bond donors (Lipinski definition) is 1. The van der Waals surface area contributed by atoms with Gasteiger partial charge in [-0.05, 0) is 33.6 Å². The van der Waals surface area contributed by atoms with Gasteiger partial charge in [-0.25, -0.2) is 4.98 Å². The Morgan fingerprint density at radius 3 is 2.56 bits per heavy atom. The van der Waals surface area contributed by atoms with Crippen LogP contribution in [-0.4, -0.2) is 17.2 Å². The van der Waals surface area contributed by atoms with Crippen LogP contribution in [0.1, 0.15) is 49.9 Å². The van der Waals surface area contributed by atoms with E-state index in [4.69, 9.17) is 0 Å². The zero-order valence-corrected chi connectivity index (χ0v) is 11.7. The zero-order valence-electron chi connectivity index (χ0n) is 10.8. The van der Waals surface area contributed by atoms with E-state index in [2.05, 4.69) is 10.3 Å². The molecule has 0 radical (unpaired) electrons. The van der Waals surface area contributed by atoms with Gasteiger partial charge in [0.05, 0.1) is 6.04 Å². The Morgan fingerprint density at radius 1 is 1.39 bits per heavy atom. The highest BCUT2D eigenvalue weighted by Crippen LogP contribution is 2.23. The number of nitrogens with zero attached hydrogens (tertiary/aromatic N) is 1. The molecule has 2 unspecified atom stereocenters. The molecule has 1 rings (SSSR count). The minimum atomic E-state index is -4.04. The Balaban J connectivity index is 2.29. The maximum atomic E-state index is 12.0. The average Bonchev–Trinajstić information content (AvgIpc) is 2.62. The van der Waals surface area contributed by atoms with Crippen LogP contribution in [-0.2, 0) is 0 Å². The van der Waals surface area contributed by atoms with Crippen LogP contribution in [0.5, 0.6) is 0 Å². The highest BCUT2D eigenvalue weighted by molar-refractivity contribution is 7.09. The van der Waals surface area contributed by atoms with E-state index in [1.807, 2.05) is 26.2 Å². The summed E-state index contributed by atoms with van der Waals surface area (Å²) >= 11 is 1.57. The second-order valence-corrected chi connectivity index (χ2v) is 5.51. The van der Waals surface area contributed by atoms with Crippen molar-refractivity contribution in [1.29, 1.82) is 0 Å². The summed E-state index contributed by atoms with van der Waals surface area (Å²) in [6, 6.07) is 0.149. The van der Waals surface area contributed by atoms with Gasteiger partial charge in [-0.15, -0.1) is 11.3 Å². The lowest BCUT2D eigenvalue weighted by Crippen LogP contribution is -2.29. The molecule has 0 amide bonds. The first-order chi connectivity index (χ1) is 8.28. The van der Waals surface area contributed by atoms with Crippen molar-refractivity contribution in [2.45, 2.75) is 58.3 Å². The number of aromatic nitrogens is 1. The fourth-order valence-electron chi connectivity index (χ4n) is 1.76. The van der Waals surface area contributed by atoms with Crippen LogP contribution in [0.3, 0.4) is 0 Å². The summed E-state index contributed by atoms with van der Waals surface area (Å²) in [4.78, 5) is 4.36. The van der Waals surface area contributed by atoms with Gasteiger partial charge in [0.1, 0.15) is 5.01 Å². The molecule has 0 aliphatic heterocycles. The van der Waals surface area contributed by atoms with Gasteiger partial charge in [0.25, 0.3) is 0 Å². The molecular weight excluding hydrogens is 261 g/mol. The van der Waals surface area contributed by atoms with Gasteiger partial charge in [0, 0.05) is 23.5 Å². The number of thiazole rings is 1. The van der Waals surface area contributed by atoms with Crippen molar-refractivity contribution >= 4 is 11.3 Å². The van der Waals surface area contributed by atoms with E-state index in [0.29, 0.717) is 6.42 Å². The molecule has 0 aromatic carbocycles. The Kier molecular flexibility index (Phi) is 5.59. The maximum absolute atomic E-state index is 12.0. The first-order valence-electron chi connectivity index (χ1n) is 6.03. The fraction of sp³-hybridized carbons (Fsp3) is 0.750. The van der Waals surface area contributed by atoms with Gasteiger partial charge in [0.15, 0.2) is 0 Å². The molecule has 104 valence electrons. The molecule has 2 nitrogen and oxygen atoms in total. The smallest absolute Gasteiger partial charge is 0.306 e. The molecule has 1 aromatic heterocycles. The van der Waals surface area contributed by atoms with Gasteiger partial charge < -0.3 is 5.32 Å². The third kappa shape index (κ3) is 5.82. The van der Waals surface area contributed by atoms with Crippen molar-refractivity contribution < 1.29 is 13.2 Å². The molecule has 0 fully saturated rings. The molecule has 1 N–H and O–H groups in total. The standard InChI is InChI=1S/C12H19F3N2S/c1-8(5-4-6-12(13,14)15)16-10(3)11-17-9(2)7-18-11/h7-8,10,16H,4-6H2,1-3H3. The Hall–Kier alpha value is -0.620. The van der Waals surface area contributed by atoms with Crippen molar-refractivity contribution in [2.75, 3.05) is 0 Å². The van der Waals surface area contributed by atoms with Gasteiger partial charge in [-0.2, -0.15) is 13.2 Å². The number of hydrogen-bond acceptors (Lipinski definition) is 3. The molecular formula is C12H19F3N2S. The summed E-state index contributed by atoms with van der Waals surface area (Å²) in [5, 5.41) is 6.23. The lowest BCUT2D eigenvalue weighted by atomic mass is 10.1. The van der Waals surface area contributed by atoms with Crippen molar-refractivity contribution in [1.82, 2.24) is 10.3 Å². The quantitative estimate of drug-likeness (QED) is 0.843. The number of halogens is 3. The third-order valence-corrected chi connectivity index (χ3v) is 3.78. The second-order valence-electron chi connectivity index (χ2n) is 4.62. The highest BCUT2D eigenvalue weighted by atomic mass is 32.1. The van der Waals surface area contributed by atoms with Crippen LogP contribution < -0.4 is 5.32 Å². The highest BCUT2D eigenvalue weighted by Gasteiger charge is 2.26. The molecule has 0 saturated carbocycles. The predicted molar refractivity (Wildman–Crippen MR) is 67.8 cm³/mol. The molecule has 1 heterocycles. The lowest BCUT2D eigenvalue weighted by molar-refractivity contribution is -0.135. The first kappa shape index (κ1) is 15.4. The van der Waals surface area contributed by atoms with Crippen molar-refractivity contribution in [3.05, 3.63) is 16.1 Å². The van der Waals surface area contributed by atoms with Gasteiger partial charge in [-0.1, -0.05) is 0 Å². The van der Waals surface area contributed by atoms with Crippen LogP contribution in [0.15, 0.2) is 5.38 Å². The number of aryl methyl sites for hydroxylation is 1. The summed E-state index contributed by atoms with van der Waals surface area (Å²) < 4.78 is 36.0. The van der Waals surface area contributed by atoms with E-state index < -0.39 is 12.6 Å². The SMILES string of the molecule is Cc1csc(C(C)NC(C)CCCC(F)(F)F)n1. The second kappa shape index (κ2) is 6.52. The Morgan fingerprint density at radius 2 is 2.06 bits per heavy atom. The minimum Gasteiger partial charge on any atom is -0.306 e. The van der Waals surface area contributed by atoms with E-state index >= 15 is 0 Å². The van der Waals surface area contributed by atoms with E-state index in [0.717, 1.165) is 10.7 Å². The average molecular weight is 280 g/mol. The molecule has 0 aliphatic carbocycles. The van der Waals surface area contributed by atoms with E-state index in [1.165, 1.54) is 0 Å². The van der Waals surface area contributed by atoms with Crippen LogP contribution >= 0.6 is 11.3 Å². The summed E-state index contributed by atoms with van der Waals surface area (Å²) in [5.41, 5.74) is 0.980. The van der Waals surface area contributed by atoms with E-state index in [1.54, 1.807) is 11.3 Å². The molecule has 6 heteroatoms. The molecule has 0 bridgehead atoms. The molecule has 0 saturated heterocycles. The van der Waals surface area contributed by atoms with E-state index in [9.17, 15) is 13.2 Å². The molecule has 18 heavy (non-hydrogen) atoms. The normalized spacial score (nSPS) is 15.7. The molecule has 2 atom stereocenters. The monoisotopic (exact) mass is 280 g/mol. The Bertz CT molecular complexity index is 362. The van der Waals surface area contributed by atoms with Crippen molar-refractivity contribution in [2.24, 2.45) is 0 Å². The largest absolute Gasteiger partial charge is 0.389 e. The maximum Gasteiger partial charge on any atom is 0.389 e. The Labute approximate surface area is 110 Å². The molecule has 1 aromatic rings. The van der Waals surface area contributed by atoms with Gasteiger partial charge in [-0.3, -0.25) is 0 Å². The van der Waals surface area contributed by atoms with E-state index in [-0.39, 0.29) is 18.5 Å². The van der Waals surface area contributed by atoms with Crippen LogP contribution in [0.25, 0.3) is 0 Å². The minimum absolute atomic E-state index is 0.0616. The predicted octanol–water partition coefficient (Wildman–Crippen LogP) is 4.22. The lowest BCUT2D eigenvalue weighted by Gasteiger charge is -2.18. The van der Waals surface area contributed by atoms with Gasteiger partial charge >= 0.3 is 6.18 Å². The summed E-state index contributed by atoms with van der Waals surface area (Å²) in [6.07, 6.45) is -4.06. The van der Waals surface area contributed by atoms with Crippen LogP contribution in [0, 0.1) is 6.92 Å². The molecule has 0 aliphatic rings. The van der Waals surface area contributed by atoms with Crippen LogP contribution in [0.4, 0.5) is 13.2 Å². The fourth-order valence-corrected chi connectivity index (χ4v) is 2.57. The number of nitrogens with one attached hydrogen (secondary N) is 1. The third-order valence-electron chi connectivity index (χ3n) is 2.64. The summed E-state index contributed by atoms with van der Waals surface area (Å²) in [6.45, 7) is 5.82. The zero-order chi connectivity index (χ0) is 13.8. The number of rotatable bonds is 6. The molecule has 0 spiro atoms.